The van der Waals surface area contributed by atoms with Crippen LogP contribution in [-0.2, 0) is 0 Å². The van der Waals surface area contributed by atoms with Crippen molar-refractivity contribution in [2.45, 2.75) is 20.3 Å². The maximum Gasteiger partial charge on any atom is 0.155 e. The van der Waals surface area contributed by atoms with E-state index in [0.717, 1.165) is 16.9 Å². The van der Waals surface area contributed by atoms with E-state index in [2.05, 4.69) is 15.5 Å². The van der Waals surface area contributed by atoms with Gasteiger partial charge < -0.3 is 10.4 Å². The lowest BCUT2D eigenvalue weighted by Crippen LogP contribution is -2.08. The van der Waals surface area contributed by atoms with Gasteiger partial charge in [-0.2, -0.15) is 0 Å². The summed E-state index contributed by atoms with van der Waals surface area (Å²) in [5.41, 5.74) is 1.94. The third-order valence-corrected chi connectivity index (χ3v) is 2.45. The van der Waals surface area contributed by atoms with Gasteiger partial charge in [-0.15, -0.1) is 10.2 Å². The Morgan fingerprint density at radius 1 is 1.29 bits per heavy atom. The van der Waals surface area contributed by atoms with E-state index < -0.39 is 0 Å². The quantitative estimate of drug-likeness (QED) is 0.749. The Morgan fingerprint density at radius 3 is 2.64 bits per heavy atom. The summed E-state index contributed by atoms with van der Waals surface area (Å²) in [6.45, 7) is 4.71. The molecule has 0 saturated heterocycles. The van der Waals surface area contributed by atoms with Crippen LogP contribution in [0.4, 0.5) is 5.82 Å². The summed E-state index contributed by atoms with van der Waals surface area (Å²) in [5.74, 6) is 0.736. The van der Waals surface area contributed by atoms with Crippen molar-refractivity contribution in [2.75, 3.05) is 18.5 Å². The molecule has 0 aliphatic heterocycles. The van der Waals surface area contributed by atoms with Crippen LogP contribution in [0.5, 0.6) is 0 Å². The highest BCUT2D eigenvalue weighted by Gasteiger charge is 2.06. The molecule has 0 aliphatic rings. The molecule has 0 bridgehead atoms. The summed E-state index contributed by atoms with van der Waals surface area (Å²) in [7, 11) is 0. The molecule has 14 heavy (non-hydrogen) atoms. The van der Waals surface area contributed by atoms with E-state index in [1.807, 2.05) is 13.8 Å². The SMILES string of the molecule is Cc1c(Cl)nnc(NCCCO)c1C. The second-order valence-corrected chi connectivity index (χ2v) is 3.45. The van der Waals surface area contributed by atoms with Gasteiger partial charge in [-0.05, 0) is 31.4 Å². The van der Waals surface area contributed by atoms with Crippen LogP contribution < -0.4 is 5.32 Å². The number of halogens is 1. The molecule has 0 atom stereocenters. The zero-order chi connectivity index (χ0) is 10.6. The lowest BCUT2D eigenvalue weighted by Gasteiger charge is -2.09. The topological polar surface area (TPSA) is 58.0 Å². The molecule has 5 heteroatoms. The van der Waals surface area contributed by atoms with Gasteiger partial charge >= 0.3 is 0 Å². The Balaban J connectivity index is 2.73. The molecule has 1 rings (SSSR count). The molecule has 0 fully saturated rings. The Kier molecular flexibility index (Phi) is 4.10. The molecule has 0 saturated carbocycles. The first-order chi connectivity index (χ1) is 6.66. The molecule has 0 aromatic carbocycles. The normalized spacial score (nSPS) is 10.3. The largest absolute Gasteiger partial charge is 0.396 e. The van der Waals surface area contributed by atoms with E-state index in [1.54, 1.807) is 0 Å². The van der Waals surface area contributed by atoms with Gasteiger partial charge in [0.25, 0.3) is 0 Å². The van der Waals surface area contributed by atoms with Gasteiger partial charge in [0.15, 0.2) is 11.0 Å². The molecular weight excluding hydrogens is 202 g/mol. The van der Waals surface area contributed by atoms with Crippen LogP contribution in [-0.4, -0.2) is 28.5 Å². The number of aliphatic hydroxyl groups excluding tert-OH is 1. The van der Waals surface area contributed by atoms with Crippen molar-refractivity contribution in [3.8, 4) is 0 Å². The number of hydrogen-bond acceptors (Lipinski definition) is 4. The van der Waals surface area contributed by atoms with E-state index in [9.17, 15) is 0 Å². The van der Waals surface area contributed by atoms with Crippen LogP contribution in [0.3, 0.4) is 0 Å². The Bertz CT molecular complexity index is 317. The van der Waals surface area contributed by atoms with Crippen LogP contribution in [0, 0.1) is 13.8 Å². The fourth-order valence-electron chi connectivity index (χ4n) is 1.03. The van der Waals surface area contributed by atoms with Gasteiger partial charge in [-0.25, -0.2) is 0 Å². The van der Waals surface area contributed by atoms with Crippen LogP contribution in [0.25, 0.3) is 0 Å². The molecule has 0 radical (unpaired) electrons. The summed E-state index contributed by atoms with van der Waals surface area (Å²) in [6.07, 6.45) is 0.697. The fourth-order valence-corrected chi connectivity index (χ4v) is 1.21. The van der Waals surface area contributed by atoms with E-state index in [4.69, 9.17) is 16.7 Å². The average molecular weight is 216 g/mol. The highest BCUT2D eigenvalue weighted by atomic mass is 35.5. The maximum atomic E-state index is 8.62. The minimum atomic E-state index is 0.173. The van der Waals surface area contributed by atoms with Gasteiger partial charge in [-0.3, -0.25) is 0 Å². The number of aromatic nitrogens is 2. The zero-order valence-corrected chi connectivity index (χ0v) is 9.10. The Labute approximate surface area is 88.3 Å². The predicted octanol–water partition coefficient (Wildman–Crippen LogP) is 1.54. The van der Waals surface area contributed by atoms with E-state index >= 15 is 0 Å². The molecule has 78 valence electrons. The molecule has 4 nitrogen and oxygen atoms in total. The highest BCUT2D eigenvalue weighted by molar-refractivity contribution is 6.30. The fraction of sp³-hybridized carbons (Fsp3) is 0.556. The highest BCUT2D eigenvalue weighted by Crippen LogP contribution is 2.20. The van der Waals surface area contributed by atoms with E-state index in [0.29, 0.717) is 18.1 Å². The number of hydrogen-bond donors (Lipinski definition) is 2. The van der Waals surface area contributed by atoms with Crippen LogP contribution in [0.2, 0.25) is 5.15 Å². The minimum absolute atomic E-state index is 0.173. The first kappa shape index (κ1) is 11.2. The summed E-state index contributed by atoms with van der Waals surface area (Å²) >= 11 is 5.81. The molecule has 1 aromatic heterocycles. The minimum Gasteiger partial charge on any atom is -0.396 e. The van der Waals surface area contributed by atoms with Gasteiger partial charge in [0.1, 0.15) is 0 Å². The standard InChI is InChI=1S/C9H14ClN3O/c1-6-7(2)9(11-4-3-5-14)13-12-8(6)10/h14H,3-5H2,1-2H3,(H,11,13). The Hall–Kier alpha value is -0.870. The van der Waals surface area contributed by atoms with Gasteiger partial charge in [-0.1, -0.05) is 11.6 Å². The maximum absolute atomic E-state index is 8.62. The molecular formula is C9H14ClN3O. The summed E-state index contributed by atoms with van der Waals surface area (Å²) in [5, 5.41) is 19.9. The van der Waals surface area contributed by atoms with Gasteiger partial charge in [0.05, 0.1) is 0 Å². The number of aliphatic hydroxyl groups is 1. The van der Waals surface area contributed by atoms with Crippen molar-refractivity contribution in [1.82, 2.24) is 10.2 Å². The molecule has 2 N–H and O–H groups in total. The van der Waals surface area contributed by atoms with Crippen molar-refractivity contribution >= 4 is 17.4 Å². The van der Waals surface area contributed by atoms with Crippen molar-refractivity contribution in [2.24, 2.45) is 0 Å². The lowest BCUT2D eigenvalue weighted by atomic mass is 10.2. The molecule has 0 unspecified atom stereocenters. The smallest absolute Gasteiger partial charge is 0.155 e. The zero-order valence-electron chi connectivity index (χ0n) is 8.34. The lowest BCUT2D eigenvalue weighted by molar-refractivity contribution is 0.292. The Morgan fingerprint density at radius 2 is 2.00 bits per heavy atom. The van der Waals surface area contributed by atoms with Crippen LogP contribution in [0.15, 0.2) is 0 Å². The number of rotatable bonds is 4. The second-order valence-electron chi connectivity index (χ2n) is 3.09. The second kappa shape index (κ2) is 5.12. The van der Waals surface area contributed by atoms with Crippen molar-refractivity contribution in [3.05, 3.63) is 16.3 Å². The molecule has 0 amide bonds. The van der Waals surface area contributed by atoms with E-state index in [1.165, 1.54) is 0 Å². The van der Waals surface area contributed by atoms with Gasteiger partial charge in [0.2, 0.25) is 0 Å². The number of nitrogens with one attached hydrogen (secondary N) is 1. The number of nitrogens with zero attached hydrogens (tertiary/aromatic N) is 2. The molecule has 1 aromatic rings. The first-order valence-electron chi connectivity index (χ1n) is 4.51. The summed E-state index contributed by atoms with van der Waals surface area (Å²) < 4.78 is 0. The van der Waals surface area contributed by atoms with Crippen LogP contribution >= 0.6 is 11.6 Å². The first-order valence-corrected chi connectivity index (χ1v) is 4.88. The van der Waals surface area contributed by atoms with Crippen LogP contribution in [0.1, 0.15) is 17.5 Å². The summed E-state index contributed by atoms with van der Waals surface area (Å²) in [4.78, 5) is 0. The predicted molar refractivity (Wildman–Crippen MR) is 56.7 cm³/mol. The number of anilines is 1. The van der Waals surface area contributed by atoms with E-state index in [-0.39, 0.29) is 6.61 Å². The van der Waals surface area contributed by atoms with Crippen molar-refractivity contribution in [1.29, 1.82) is 0 Å². The monoisotopic (exact) mass is 215 g/mol. The average Bonchev–Trinajstić information content (AvgIpc) is 2.18. The third kappa shape index (κ3) is 2.56. The molecule has 0 aliphatic carbocycles. The molecule has 0 spiro atoms. The van der Waals surface area contributed by atoms with Crippen molar-refractivity contribution < 1.29 is 5.11 Å². The van der Waals surface area contributed by atoms with Gasteiger partial charge in [0, 0.05) is 13.2 Å². The third-order valence-electron chi connectivity index (χ3n) is 2.09. The summed E-state index contributed by atoms with van der Waals surface area (Å²) in [6, 6.07) is 0. The van der Waals surface area contributed by atoms with Crippen molar-refractivity contribution in [3.63, 3.8) is 0 Å². The molecule has 1 heterocycles.